The molecule has 0 aromatic heterocycles. The smallest absolute Gasteiger partial charge is 0.248 e. The van der Waals surface area contributed by atoms with Crippen molar-refractivity contribution >= 4 is 11.9 Å². The van der Waals surface area contributed by atoms with Crippen molar-refractivity contribution in [1.29, 1.82) is 0 Å². The van der Waals surface area contributed by atoms with E-state index in [1.807, 2.05) is 6.07 Å². The van der Waals surface area contributed by atoms with Crippen LogP contribution in [0.25, 0.3) is 0 Å². The first-order valence-electron chi connectivity index (χ1n) is 5.17. The third-order valence-corrected chi connectivity index (χ3v) is 2.07. The Morgan fingerprint density at radius 1 is 1.47 bits per heavy atom. The van der Waals surface area contributed by atoms with Crippen LogP contribution in [0.1, 0.15) is 15.9 Å². The number of carbonyl (C=O) groups is 1. The molecule has 0 aliphatic heterocycles. The summed E-state index contributed by atoms with van der Waals surface area (Å²) in [6, 6.07) is 6.98. The SMILES string of the molecule is C=CCNC(N)=NCc1cccc(C(N)=O)c1. The minimum atomic E-state index is -0.450. The summed E-state index contributed by atoms with van der Waals surface area (Å²) in [6.45, 7) is 4.52. The van der Waals surface area contributed by atoms with E-state index < -0.39 is 5.91 Å². The minimum absolute atomic E-state index is 0.342. The highest BCUT2D eigenvalue weighted by Gasteiger charge is 2.00. The van der Waals surface area contributed by atoms with Gasteiger partial charge in [-0.1, -0.05) is 18.2 Å². The molecule has 0 saturated carbocycles. The van der Waals surface area contributed by atoms with Crippen molar-refractivity contribution in [3.05, 3.63) is 48.0 Å². The zero-order valence-electron chi connectivity index (χ0n) is 9.52. The van der Waals surface area contributed by atoms with Crippen molar-refractivity contribution in [2.45, 2.75) is 6.54 Å². The van der Waals surface area contributed by atoms with Gasteiger partial charge in [-0.2, -0.15) is 0 Å². The number of primary amides is 1. The van der Waals surface area contributed by atoms with E-state index in [1.165, 1.54) is 0 Å². The second kappa shape index (κ2) is 6.32. The van der Waals surface area contributed by atoms with E-state index in [9.17, 15) is 4.79 Å². The Balaban J connectivity index is 2.65. The number of hydrogen-bond donors (Lipinski definition) is 3. The molecule has 1 amide bonds. The molecule has 5 N–H and O–H groups in total. The van der Waals surface area contributed by atoms with Gasteiger partial charge in [0.2, 0.25) is 5.91 Å². The summed E-state index contributed by atoms with van der Waals surface area (Å²) in [4.78, 5) is 15.1. The van der Waals surface area contributed by atoms with Crippen LogP contribution in [0, 0.1) is 0 Å². The van der Waals surface area contributed by atoms with Crippen molar-refractivity contribution in [3.63, 3.8) is 0 Å². The van der Waals surface area contributed by atoms with Crippen LogP contribution in [0.5, 0.6) is 0 Å². The molecule has 0 saturated heterocycles. The van der Waals surface area contributed by atoms with Gasteiger partial charge in [0.15, 0.2) is 5.96 Å². The molecule has 0 aliphatic carbocycles. The summed E-state index contributed by atoms with van der Waals surface area (Å²) < 4.78 is 0. The van der Waals surface area contributed by atoms with E-state index >= 15 is 0 Å². The van der Waals surface area contributed by atoms with Gasteiger partial charge < -0.3 is 16.8 Å². The quantitative estimate of drug-likeness (QED) is 0.389. The van der Waals surface area contributed by atoms with E-state index in [0.717, 1.165) is 5.56 Å². The molecule has 0 bridgehead atoms. The van der Waals surface area contributed by atoms with Gasteiger partial charge in [-0.05, 0) is 17.7 Å². The minimum Gasteiger partial charge on any atom is -0.370 e. The van der Waals surface area contributed by atoms with Crippen LogP contribution in [-0.2, 0) is 6.54 Å². The maximum absolute atomic E-state index is 11.0. The molecule has 0 fully saturated rings. The Bertz CT molecular complexity index is 440. The Hall–Kier alpha value is -2.30. The number of nitrogens with one attached hydrogen (secondary N) is 1. The van der Waals surface area contributed by atoms with Crippen molar-refractivity contribution in [3.8, 4) is 0 Å². The number of aliphatic imine (C=N–C) groups is 1. The molecule has 5 heteroatoms. The van der Waals surface area contributed by atoms with Gasteiger partial charge in [0.25, 0.3) is 0 Å². The lowest BCUT2D eigenvalue weighted by molar-refractivity contribution is 0.1000. The lowest BCUT2D eigenvalue weighted by Gasteiger charge is -2.03. The summed E-state index contributed by atoms with van der Waals surface area (Å²) in [7, 11) is 0. The highest BCUT2D eigenvalue weighted by molar-refractivity contribution is 5.92. The number of rotatable bonds is 5. The van der Waals surface area contributed by atoms with Gasteiger partial charge >= 0.3 is 0 Å². The van der Waals surface area contributed by atoms with Gasteiger partial charge in [0, 0.05) is 12.1 Å². The molecular weight excluding hydrogens is 216 g/mol. The first-order chi connectivity index (χ1) is 8.13. The van der Waals surface area contributed by atoms with Crippen LogP contribution in [0.4, 0.5) is 0 Å². The maximum Gasteiger partial charge on any atom is 0.248 e. The van der Waals surface area contributed by atoms with Crippen molar-refractivity contribution in [2.24, 2.45) is 16.5 Å². The molecule has 5 nitrogen and oxygen atoms in total. The maximum atomic E-state index is 11.0. The summed E-state index contributed by atoms with van der Waals surface area (Å²) in [6.07, 6.45) is 1.69. The second-order valence-electron chi connectivity index (χ2n) is 3.44. The Morgan fingerprint density at radius 2 is 2.24 bits per heavy atom. The van der Waals surface area contributed by atoms with E-state index in [-0.39, 0.29) is 0 Å². The summed E-state index contributed by atoms with van der Waals surface area (Å²) in [5.74, 6) is -0.108. The van der Waals surface area contributed by atoms with Gasteiger partial charge in [-0.3, -0.25) is 4.79 Å². The second-order valence-corrected chi connectivity index (χ2v) is 3.44. The van der Waals surface area contributed by atoms with E-state index in [2.05, 4.69) is 16.9 Å². The number of nitrogens with zero attached hydrogens (tertiary/aromatic N) is 1. The van der Waals surface area contributed by atoms with Crippen molar-refractivity contribution < 1.29 is 4.79 Å². The Labute approximate surface area is 100 Å². The molecule has 1 aromatic rings. The molecular formula is C12H16N4O. The van der Waals surface area contributed by atoms with Crippen molar-refractivity contribution in [2.75, 3.05) is 6.54 Å². The van der Waals surface area contributed by atoms with E-state index in [4.69, 9.17) is 11.5 Å². The number of benzene rings is 1. The highest BCUT2D eigenvalue weighted by atomic mass is 16.1. The summed E-state index contributed by atoms with van der Waals surface area (Å²) in [5.41, 5.74) is 12.1. The van der Waals surface area contributed by atoms with Crippen LogP contribution < -0.4 is 16.8 Å². The summed E-state index contributed by atoms with van der Waals surface area (Å²) >= 11 is 0. The number of amides is 1. The molecule has 17 heavy (non-hydrogen) atoms. The third kappa shape index (κ3) is 4.38. The summed E-state index contributed by atoms with van der Waals surface area (Å²) in [5, 5.41) is 2.86. The largest absolute Gasteiger partial charge is 0.370 e. The molecule has 0 radical (unpaired) electrons. The van der Waals surface area contributed by atoms with Crippen LogP contribution in [0.2, 0.25) is 0 Å². The first-order valence-corrected chi connectivity index (χ1v) is 5.17. The van der Waals surface area contributed by atoms with Gasteiger partial charge in [0.1, 0.15) is 0 Å². The zero-order chi connectivity index (χ0) is 12.7. The molecule has 0 atom stereocenters. The van der Waals surface area contributed by atoms with Crippen LogP contribution in [-0.4, -0.2) is 18.4 Å². The first kappa shape index (κ1) is 12.8. The van der Waals surface area contributed by atoms with Gasteiger partial charge in [-0.15, -0.1) is 6.58 Å². The Kier molecular flexibility index (Phi) is 4.75. The molecule has 90 valence electrons. The number of carbonyl (C=O) groups excluding carboxylic acids is 1. The van der Waals surface area contributed by atoms with Crippen LogP contribution >= 0.6 is 0 Å². The lowest BCUT2D eigenvalue weighted by Crippen LogP contribution is -2.31. The average molecular weight is 232 g/mol. The predicted octanol–water partition coefficient (Wildman–Crippen LogP) is 0.376. The fourth-order valence-corrected chi connectivity index (χ4v) is 1.23. The fraction of sp³-hybridized carbons (Fsp3) is 0.167. The third-order valence-electron chi connectivity index (χ3n) is 2.07. The molecule has 0 spiro atoms. The number of guanidine groups is 1. The molecule has 1 rings (SSSR count). The standard InChI is InChI=1S/C12H16N4O/c1-2-6-15-12(14)16-8-9-4-3-5-10(7-9)11(13)17/h2-5,7H,1,6,8H2,(H2,13,17)(H3,14,15,16). The topological polar surface area (TPSA) is 93.5 Å². The van der Waals surface area contributed by atoms with Crippen LogP contribution in [0.15, 0.2) is 41.9 Å². The monoisotopic (exact) mass is 232 g/mol. The zero-order valence-corrected chi connectivity index (χ0v) is 9.52. The van der Waals surface area contributed by atoms with E-state index in [1.54, 1.807) is 24.3 Å². The van der Waals surface area contributed by atoms with Crippen LogP contribution in [0.3, 0.4) is 0 Å². The molecule has 0 heterocycles. The number of hydrogen-bond acceptors (Lipinski definition) is 2. The Morgan fingerprint density at radius 3 is 2.88 bits per heavy atom. The number of nitrogens with two attached hydrogens (primary N) is 2. The fourth-order valence-electron chi connectivity index (χ4n) is 1.23. The van der Waals surface area contributed by atoms with Crippen molar-refractivity contribution in [1.82, 2.24) is 5.32 Å². The van der Waals surface area contributed by atoms with Gasteiger partial charge in [-0.25, -0.2) is 4.99 Å². The molecule has 0 aliphatic rings. The molecule has 1 aromatic carbocycles. The lowest BCUT2D eigenvalue weighted by atomic mass is 10.1. The molecule has 0 unspecified atom stereocenters. The van der Waals surface area contributed by atoms with E-state index in [0.29, 0.717) is 24.6 Å². The highest BCUT2D eigenvalue weighted by Crippen LogP contribution is 2.05. The normalized spacial score (nSPS) is 10.9. The van der Waals surface area contributed by atoms with Gasteiger partial charge in [0.05, 0.1) is 6.54 Å². The average Bonchev–Trinajstić information content (AvgIpc) is 2.34. The predicted molar refractivity (Wildman–Crippen MR) is 68.5 cm³/mol.